The number of aliphatic hydroxyl groups is 2. The minimum absolute atomic E-state index is 0.0345. The van der Waals surface area contributed by atoms with Crippen LogP contribution in [0.2, 0.25) is 0 Å². The van der Waals surface area contributed by atoms with Crippen LogP contribution in [0.25, 0.3) is 16.9 Å². The monoisotopic (exact) mass is 534 g/mol. The number of imide groups is 1. The Hall–Kier alpha value is -4.34. The largest absolute Gasteiger partial charge is 0.443 e. The van der Waals surface area contributed by atoms with E-state index >= 15 is 0 Å². The van der Waals surface area contributed by atoms with Gasteiger partial charge in [-0.05, 0) is 45.4 Å². The van der Waals surface area contributed by atoms with E-state index in [1.54, 1.807) is 37.9 Å². The Morgan fingerprint density at radius 3 is 2.67 bits per heavy atom. The molecule has 4 heterocycles. The SMILES string of the molecule is CC(C)(C)OC(=O)N1Cc2nc(-c3c(F)cccc3C#N)cc(-n3ccc(N4CCC(O)[C@@H](O)C4)n3)c2C1=O. The second kappa shape index (κ2) is 9.76. The smallest absolute Gasteiger partial charge is 0.417 e. The first kappa shape index (κ1) is 26.3. The van der Waals surface area contributed by atoms with Crippen molar-refractivity contribution >= 4 is 17.8 Å². The summed E-state index contributed by atoms with van der Waals surface area (Å²) in [4.78, 5) is 33.6. The Kier molecular flexibility index (Phi) is 6.57. The molecule has 12 heteroatoms. The molecule has 1 fully saturated rings. The maximum absolute atomic E-state index is 15.0. The van der Waals surface area contributed by atoms with Crippen molar-refractivity contribution in [3.8, 4) is 23.0 Å². The summed E-state index contributed by atoms with van der Waals surface area (Å²) in [5, 5.41) is 34.2. The maximum Gasteiger partial charge on any atom is 0.417 e. The van der Waals surface area contributed by atoms with E-state index in [-0.39, 0.29) is 46.9 Å². The first-order chi connectivity index (χ1) is 18.5. The van der Waals surface area contributed by atoms with E-state index in [1.165, 1.54) is 28.9 Å². The number of aromatic nitrogens is 3. The summed E-state index contributed by atoms with van der Waals surface area (Å²) in [6.45, 7) is 5.48. The lowest BCUT2D eigenvalue weighted by molar-refractivity contribution is 0.00785. The quantitative estimate of drug-likeness (QED) is 0.518. The number of carbonyl (C=O) groups excluding carboxylic acids is 2. The van der Waals surface area contributed by atoms with Crippen molar-refractivity contribution in [2.24, 2.45) is 0 Å². The lowest BCUT2D eigenvalue weighted by Gasteiger charge is -2.33. The molecular formula is C27H27FN6O5. The molecule has 2 N–H and O–H groups in total. The zero-order valence-corrected chi connectivity index (χ0v) is 21.6. The van der Waals surface area contributed by atoms with Gasteiger partial charge < -0.3 is 19.8 Å². The fourth-order valence-corrected chi connectivity index (χ4v) is 4.68. The van der Waals surface area contributed by atoms with Gasteiger partial charge in [0.2, 0.25) is 0 Å². The molecule has 2 amide bonds. The number of hydrogen-bond acceptors (Lipinski definition) is 9. The van der Waals surface area contributed by atoms with Crippen molar-refractivity contribution in [3.63, 3.8) is 0 Å². The zero-order chi connectivity index (χ0) is 28.1. The first-order valence-electron chi connectivity index (χ1n) is 12.4. The number of hydrogen-bond donors (Lipinski definition) is 2. The number of β-amino-alcohol motifs (C(OH)–C–C–N with tert-alkyl or cyclic N) is 1. The lowest BCUT2D eigenvalue weighted by atomic mass is 10.0. The van der Waals surface area contributed by atoms with Crippen LogP contribution in [0.3, 0.4) is 0 Å². The van der Waals surface area contributed by atoms with Crippen LogP contribution in [0.15, 0.2) is 36.5 Å². The summed E-state index contributed by atoms with van der Waals surface area (Å²) in [7, 11) is 0. The van der Waals surface area contributed by atoms with E-state index in [2.05, 4.69) is 10.1 Å². The summed E-state index contributed by atoms with van der Waals surface area (Å²) in [6, 6.07) is 9.22. The molecule has 2 atom stereocenters. The highest BCUT2D eigenvalue weighted by molar-refractivity contribution is 6.08. The van der Waals surface area contributed by atoms with Gasteiger partial charge in [0.05, 0.1) is 58.6 Å². The van der Waals surface area contributed by atoms with Gasteiger partial charge in [0.1, 0.15) is 11.4 Å². The molecule has 0 saturated carbocycles. The van der Waals surface area contributed by atoms with Gasteiger partial charge in [-0.25, -0.2) is 23.8 Å². The molecule has 2 aliphatic heterocycles. The van der Waals surface area contributed by atoms with Crippen molar-refractivity contribution < 1.29 is 28.9 Å². The van der Waals surface area contributed by atoms with Crippen molar-refractivity contribution in [1.29, 1.82) is 5.26 Å². The van der Waals surface area contributed by atoms with Crippen LogP contribution in [0.4, 0.5) is 15.0 Å². The minimum atomic E-state index is -0.935. The maximum atomic E-state index is 15.0. The Bertz CT molecular complexity index is 1510. The van der Waals surface area contributed by atoms with Gasteiger partial charge in [0.15, 0.2) is 5.82 Å². The Labute approximate surface area is 223 Å². The molecule has 3 aromatic rings. The molecule has 11 nitrogen and oxygen atoms in total. The number of piperidine rings is 1. The predicted octanol–water partition coefficient (Wildman–Crippen LogP) is 2.77. The molecular weight excluding hydrogens is 507 g/mol. The number of amides is 2. The van der Waals surface area contributed by atoms with Crippen LogP contribution < -0.4 is 4.90 Å². The fourth-order valence-electron chi connectivity index (χ4n) is 4.68. The van der Waals surface area contributed by atoms with Crippen molar-refractivity contribution in [2.75, 3.05) is 18.0 Å². The molecule has 1 saturated heterocycles. The van der Waals surface area contributed by atoms with Gasteiger partial charge in [-0.3, -0.25) is 4.79 Å². The minimum Gasteiger partial charge on any atom is -0.443 e. The van der Waals surface area contributed by atoms with Crippen LogP contribution in [0.1, 0.15) is 48.8 Å². The van der Waals surface area contributed by atoms with Crippen LogP contribution >= 0.6 is 0 Å². The number of ether oxygens (including phenoxy) is 1. The Balaban J connectivity index is 1.62. The van der Waals surface area contributed by atoms with E-state index in [9.17, 15) is 29.5 Å². The zero-order valence-electron chi connectivity index (χ0n) is 21.6. The average molecular weight is 535 g/mol. The van der Waals surface area contributed by atoms with Gasteiger partial charge in [-0.15, -0.1) is 0 Å². The number of benzene rings is 1. The van der Waals surface area contributed by atoms with Crippen molar-refractivity contribution in [2.45, 2.75) is 51.5 Å². The molecule has 0 aliphatic carbocycles. The number of fused-ring (bicyclic) bond motifs is 1. The van der Waals surface area contributed by atoms with Gasteiger partial charge in [-0.2, -0.15) is 10.4 Å². The van der Waals surface area contributed by atoms with E-state index in [1.807, 2.05) is 6.07 Å². The van der Waals surface area contributed by atoms with Crippen LogP contribution in [0, 0.1) is 17.1 Å². The summed E-state index contributed by atoms with van der Waals surface area (Å²) < 4.78 is 21.8. The molecule has 5 rings (SSSR count). The second-order valence-corrected chi connectivity index (χ2v) is 10.5. The average Bonchev–Trinajstić information content (AvgIpc) is 3.49. The summed E-state index contributed by atoms with van der Waals surface area (Å²) >= 11 is 0. The topological polar surface area (TPSA) is 145 Å². The van der Waals surface area contributed by atoms with Gasteiger partial charge in [-0.1, -0.05) is 6.07 Å². The van der Waals surface area contributed by atoms with E-state index in [0.29, 0.717) is 18.8 Å². The summed E-state index contributed by atoms with van der Waals surface area (Å²) in [5.74, 6) is -0.815. The highest BCUT2D eigenvalue weighted by atomic mass is 19.1. The third kappa shape index (κ3) is 4.94. The third-order valence-corrected chi connectivity index (χ3v) is 6.54. The first-order valence-corrected chi connectivity index (χ1v) is 12.4. The van der Waals surface area contributed by atoms with Crippen LogP contribution in [-0.2, 0) is 11.3 Å². The summed E-state index contributed by atoms with van der Waals surface area (Å²) in [5.41, 5.74) is -0.169. The van der Waals surface area contributed by atoms with Gasteiger partial charge >= 0.3 is 6.09 Å². The highest BCUT2D eigenvalue weighted by Gasteiger charge is 2.39. The third-order valence-electron chi connectivity index (χ3n) is 6.54. The van der Waals surface area contributed by atoms with Crippen LogP contribution in [0.5, 0.6) is 0 Å². The van der Waals surface area contributed by atoms with E-state index < -0.39 is 35.6 Å². The fraction of sp³-hybridized carbons (Fsp3) is 0.370. The van der Waals surface area contributed by atoms with Crippen molar-refractivity contribution in [3.05, 3.63) is 59.2 Å². The number of aliphatic hydroxyl groups excluding tert-OH is 2. The standard InChI is InChI=1S/C27H27FN6O5/c1-27(2,3)39-26(38)33-13-18-24(25(33)37)19(11-17(30-18)23-15(12-29)5-4-6-16(23)28)34-10-8-22(31-34)32-9-7-20(35)21(36)14-32/h4-6,8,10-11,20-21,35-36H,7,9,13-14H2,1-3H3/t20?,21-/m0/s1. The number of halogens is 1. The molecule has 1 unspecified atom stereocenters. The predicted molar refractivity (Wildman–Crippen MR) is 136 cm³/mol. The molecule has 1 aromatic carbocycles. The van der Waals surface area contributed by atoms with E-state index in [0.717, 1.165) is 4.90 Å². The van der Waals surface area contributed by atoms with Gasteiger partial charge in [0, 0.05) is 25.4 Å². The number of anilines is 1. The molecule has 39 heavy (non-hydrogen) atoms. The molecule has 2 aromatic heterocycles. The number of pyridine rings is 1. The normalized spacial score (nSPS) is 19.2. The number of nitrogens with zero attached hydrogens (tertiary/aromatic N) is 6. The number of carbonyl (C=O) groups is 2. The molecule has 0 bridgehead atoms. The van der Waals surface area contributed by atoms with E-state index in [4.69, 9.17) is 4.74 Å². The van der Waals surface area contributed by atoms with Crippen molar-refractivity contribution in [1.82, 2.24) is 19.7 Å². The molecule has 202 valence electrons. The summed E-state index contributed by atoms with van der Waals surface area (Å²) in [6.07, 6.45) is -0.641. The number of rotatable bonds is 3. The highest BCUT2D eigenvalue weighted by Crippen LogP contribution is 2.34. The molecule has 0 spiro atoms. The molecule has 0 radical (unpaired) electrons. The second-order valence-electron chi connectivity index (χ2n) is 10.5. The Morgan fingerprint density at radius 2 is 1.97 bits per heavy atom. The Morgan fingerprint density at radius 1 is 1.21 bits per heavy atom. The van der Waals surface area contributed by atoms with Gasteiger partial charge in [0.25, 0.3) is 5.91 Å². The van der Waals surface area contributed by atoms with Crippen LogP contribution in [-0.4, -0.2) is 72.8 Å². The number of nitriles is 1. The lowest BCUT2D eigenvalue weighted by Crippen LogP contribution is -2.46. The molecule has 2 aliphatic rings.